The van der Waals surface area contributed by atoms with Gasteiger partial charge in [0.2, 0.25) is 16.9 Å². The monoisotopic (exact) mass is 441 g/mol. The van der Waals surface area contributed by atoms with Gasteiger partial charge in [-0.15, -0.1) is 21.5 Å². The van der Waals surface area contributed by atoms with Crippen LogP contribution in [-0.4, -0.2) is 53.6 Å². The molecule has 4 rings (SSSR count). The summed E-state index contributed by atoms with van der Waals surface area (Å²) in [6, 6.07) is 11.4. The average molecular weight is 442 g/mol. The lowest BCUT2D eigenvalue weighted by atomic mass is 10.2. The number of likely N-dealkylation sites (tertiary alicyclic amines) is 1. The molecule has 7 nitrogen and oxygen atoms in total. The van der Waals surface area contributed by atoms with E-state index in [0.29, 0.717) is 24.5 Å². The molecule has 1 unspecified atom stereocenters. The van der Waals surface area contributed by atoms with Crippen LogP contribution >= 0.6 is 22.7 Å². The predicted octanol–water partition coefficient (Wildman–Crippen LogP) is 3.50. The number of nitrogens with one attached hydrogen (secondary N) is 1. The fraction of sp³-hybridized carbons (Fsp3) is 0.333. The van der Waals surface area contributed by atoms with Crippen LogP contribution in [0.1, 0.15) is 17.7 Å². The van der Waals surface area contributed by atoms with Gasteiger partial charge in [-0.2, -0.15) is 0 Å². The Morgan fingerprint density at radius 1 is 1.20 bits per heavy atom. The largest absolute Gasteiger partial charge is 0.378 e. The van der Waals surface area contributed by atoms with Gasteiger partial charge in [0.05, 0.1) is 6.42 Å². The maximum atomic E-state index is 12.8. The Bertz CT molecular complexity index is 1010. The summed E-state index contributed by atoms with van der Waals surface area (Å²) >= 11 is 2.89. The van der Waals surface area contributed by atoms with E-state index in [4.69, 9.17) is 0 Å². The molecule has 3 heterocycles. The fourth-order valence-corrected chi connectivity index (χ4v) is 4.93. The van der Waals surface area contributed by atoms with Crippen molar-refractivity contribution < 1.29 is 9.59 Å². The van der Waals surface area contributed by atoms with Crippen LogP contribution in [0, 0.1) is 0 Å². The average Bonchev–Trinajstić information content (AvgIpc) is 3.49. The van der Waals surface area contributed by atoms with Crippen molar-refractivity contribution in [3.63, 3.8) is 0 Å². The number of carbonyl (C=O) groups is 2. The van der Waals surface area contributed by atoms with E-state index >= 15 is 0 Å². The summed E-state index contributed by atoms with van der Waals surface area (Å²) in [4.78, 5) is 30.2. The molecule has 2 amide bonds. The molecule has 1 aliphatic heterocycles. The zero-order chi connectivity index (χ0) is 21.1. The standard InChI is InChI=1S/C21H23N5O2S2/c1-25(2)15-9-7-14(8-10-15)20-23-24-21(30-20)22-19(28)17-6-3-11-26(17)18(27)13-16-5-4-12-29-16/h4-5,7-10,12,17H,3,6,11,13H2,1-2H3,(H,22,24,28). The molecule has 2 aromatic heterocycles. The lowest BCUT2D eigenvalue weighted by molar-refractivity contribution is -0.136. The van der Waals surface area contributed by atoms with Crippen LogP contribution in [0.5, 0.6) is 0 Å². The molecule has 0 spiro atoms. The molecule has 1 saturated heterocycles. The Hall–Kier alpha value is -2.78. The van der Waals surface area contributed by atoms with Crippen molar-refractivity contribution in [2.75, 3.05) is 30.9 Å². The Labute approximate surface area is 183 Å². The number of hydrogen-bond donors (Lipinski definition) is 1. The third kappa shape index (κ3) is 4.52. The van der Waals surface area contributed by atoms with Crippen molar-refractivity contribution in [3.8, 4) is 10.6 Å². The van der Waals surface area contributed by atoms with Crippen molar-refractivity contribution in [2.45, 2.75) is 25.3 Å². The van der Waals surface area contributed by atoms with Crippen LogP contribution in [0.3, 0.4) is 0 Å². The van der Waals surface area contributed by atoms with Crippen LogP contribution in [0.2, 0.25) is 0 Å². The van der Waals surface area contributed by atoms with Gasteiger partial charge in [-0.25, -0.2) is 0 Å². The number of anilines is 2. The van der Waals surface area contributed by atoms with E-state index in [0.717, 1.165) is 27.6 Å². The molecule has 0 aliphatic carbocycles. The van der Waals surface area contributed by atoms with Crippen LogP contribution in [0.4, 0.5) is 10.8 Å². The number of carbonyl (C=O) groups excluding carboxylic acids is 2. The van der Waals surface area contributed by atoms with E-state index in [9.17, 15) is 9.59 Å². The van der Waals surface area contributed by atoms with Crippen molar-refractivity contribution in [3.05, 3.63) is 46.7 Å². The first-order valence-electron chi connectivity index (χ1n) is 9.75. The summed E-state index contributed by atoms with van der Waals surface area (Å²) in [6.07, 6.45) is 1.83. The van der Waals surface area contributed by atoms with Gasteiger partial charge in [0.1, 0.15) is 11.0 Å². The zero-order valence-electron chi connectivity index (χ0n) is 16.9. The number of rotatable bonds is 6. The summed E-state index contributed by atoms with van der Waals surface area (Å²) in [5.41, 5.74) is 2.05. The van der Waals surface area contributed by atoms with E-state index < -0.39 is 6.04 Å². The normalized spacial score (nSPS) is 15.9. The Kier molecular flexibility index (Phi) is 6.10. The molecular weight excluding hydrogens is 418 g/mol. The van der Waals surface area contributed by atoms with Crippen LogP contribution in [0.25, 0.3) is 10.6 Å². The van der Waals surface area contributed by atoms with E-state index in [1.807, 2.05) is 60.8 Å². The topological polar surface area (TPSA) is 78.4 Å². The molecule has 1 N–H and O–H groups in total. The molecule has 1 fully saturated rings. The molecule has 30 heavy (non-hydrogen) atoms. The quantitative estimate of drug-likeness (QED) is 0.633. The second-order valence-electron chi connectivity index (χ2n) is 7.34. The highest BCUT2D eigenvalue weighted by molar-refractivity contribution is 7.18. The summed E-state index contributed by atoms with van der Waals surface area (Å²) in [7, 11) is 3.98. The molecule has 9 heteroatoms. The van der Waals surface area contributed by atoms with Gasteiger partial charge in [0, 0.05) is 36.8 Å². The summed E-state index contributed by atoms with van der Waals surface area (Å²) < 4.78 is 0. The molecule has 1 aromatic carbocycles. The highest BCUT2D eigenvalue weighted by atomic mass is 32.1. The van der Waals surface area contributed by atoms with Gasteiger partial charge in [0.15, 0.2) is 0 Å². The summed E-state index contributed by atoms with van der Waals surface area (Å²) in [5.74, 6) is -0.202. The summed E-state index contributed by atoms with van der Waals surface area (Å²) in [5, 5.41) is 14.3. The molecule has 156 valence electrons. The Morgan fingerprint density at radius 3 is 2.70 bits per heavy atom. The van der Waals surface area contributed by atoms with Gasteiger partial charge >= 0.3 is 0 Å². The minimum Gasteiger partial charge on any atom is -0.378 e. The van der Waals surface area contributed by atoms with Gasteiger partial charge < -0.3 is 9.80 Å². The fourth-order valence-electron chi connectivity index (χ4n) is 3.48. The van der Waals surface area contributed by atoms with Crippen molar-refractivity contribution >= 4 is 45.3 Å². The number of thiophene rings is 1. The first-order chi connectivity index (χ1) is 14.5. The number of benzene rings is 1. The number of amides is 2. The number of hydrogen-bond acceptors (Lipinski definition) is 7. The second kappa shape index (κ2) is 8.93. The van der Waals surface area contributed by atoms with Gasteiger partial charge in [0.25, 0.3) is 0 Å². The maximum absolute atomic E-state index is 12.8. The molecule has 0 saturated carbocycles. The zero-order valence-corrected chi connectivity index (χ0v) is 18.5. The SMILES string of the molecule is CN(C)c1ccc(-c2nnc(NC(=O)C3CCCN3C(=O)Cc3cccs3)s2)cc1. The van der Waals surface area contributed by atoms with Crippen molar-refractivity contribution in [1.82, 2.24) is 15.1 Å². The van der Waals surface area contributed by atoms with E-state index in [-0.39, 0.29) is 11.8 Å². The third-order valence-corrected chi connectivity index (χ3v) is 6.83. The minimum atomic E-state index is -0.454. The molecule has 0 bridgehead atoms. The molecular formula is C21H23N5O2S2. The van der Waals surface area contributed by atoms with Crippen molar-refractivity contribution in [2.24, 2.45) is 0 Å². The predicted molar refractivity (Wildman–Crippen MR) is 121 cm³/mol. The summed E-state index contributed by atoms with van der Waals surface area (Å²) in [6.45, 7) is 0.613. The molecule has 1 aliphatic rings. The Balaban J connectivity index is 1.40. The maximum Gasteiger partial charge on any atom is 0.249 e. The first kappa shape index (κ1) is 20.5. The molecule has 3 aromatic rings. The van der Waals surface area contributed by atoms with Gasteiger partial charge in [-0.1, -0.05) is 17.4 Å². The van der Waals surface area contributed by atoms with Crippen molar-refractivity contribution in [1.29, 1.82) is 0 Å². The highest BCUT2D eigenvalue weighted by Crippen LogP contribution is 2.29. The van der Waals surface area contributed by atoms with E-state index in [2.05, 4.69) is 15.5 Å². The van der Waals surface area contributed by atoms with Gasteiger partial charge in [-0.3, -0.25) is 14.9 Å². The number of aromatic nitrogens is 2. The smallest absolute Gasteiger partial charge is 0.249 e. The van der Waals surface area contributed by atoms with E-state index in [1.54, 1.807) is 16.2 Å². The van der Waals surface area contributed by atoms with E-state index in [1.165, 1.54) is 11.3 Å². The van der Waals surface area contributed by atoms with Gasteiger partial charge in [-0.05, 0) is 48.6 Å². The Morgan fingerprint density at radius 2 is 2.00 bits per heavy atom. The van der Waals surface area contributed by atoms with Crippen LogP contribution < -0.4 is 10.2 Å². The molecule has 1 atom stereocenters. The third-order valence-electron chi connectivity index (χ3n) is 5.07. The van der Waals surface area contributed by atoms with Crippen LogP contribution in [-0.2, 0) is 16.0 Å². The second-order valence-corrected chi connectivity index (χ2v) is 9.35. The highest BCUT2D eigenvalue weighted by Gasteiger charge is 2.34. The molecule has 0 radical (unpaired) electrons. The lowest BCUT2D eigenvalue weighted by Gasteiger charge is -2.23. The number of nitrogens with zero attached hydrogens (tertiary/aromatic N) is 4. The minimum absolute atomic E-state index is 0.00552. The lowest BCUT2D eigenvalue weighted by Crippen LogP contribution is -2.43. The van der Waals surface area contributed by atoms with Crippen LogP contribution in [0.15, 0.2) is 41.8 Å². The first-order valence-corrected chi connectivity index (χ1v) is 11.4.